The van der Waals surface area contributed by atoms with Gasteiger partial charge < -0.3 is 15.0 Å². The lowest BCUT2D eigenvalue weighted by Gasteiger charge is -2.13. The van der Waals surface area contributed by atoms with Crippen LogP contribution in [0.2, 0.25) is 0 Å². The van der Waals surface area contributed by atoms with Crippen molar-refractivity contribution in [2.75, 3.05) is 11.1 Å². The Morgan fingerprint density at radius 1 is 1.14 bits per heavy atom. The number of H-pyrrole nitrogens is 1. The van der Waals surface area contributed by atoms with Gasteiger partial charge in [0, 0.05) is 11.8 Å². The molecule has 2 N–H and O–H groups in total. The molecule has 2 aromatic carbocycles. The summed E-state index contributed by atoms with van der Waals surface area (Å²) in [5.74, 6) is 0.986. The van der Waals surface area contributed by atoms with Gasteiger partial charge in [0.2, 0.25) is 5.91 Å². The van der Waals surface area contributed by atoms with Crippen molar-refractivity contribution in [1.82, 2.24) is 9.97 Å². The Labute approximate surface area is 173 Å². The molecule has 0 saturated heterocycles. The third kappa shape index (κ3) is 6.22. The Kier molecular flexibility index (Phi) is 7.08. The number of hydrogen-bond donors (Lipinski definition) is 2. The van der Waals surface area contributed by atoms with Crippen LogP contribution in [0.1, 0.15) is 31.0 Å². The van der Waals surface area contributed by atoms with Crippen LogP contribution < -0.4 is 15.6 Å². The molecule has 0 spiro atoms. The Morgan fingerprint density at radius 3 is 2.62 bits per heavy atom. The highest BCUT2D eigenvalue weighted by Gasteiger charge is 2.11. The number of carbonyl (C=O) groups excluding carboxylic acids is 1. The predicted octanol–water partition coefficient (Wildman–Crippen LogP) is 4.20. The van der Waals surface area contributed by atoms with E-state index in [1.807, 2.05) is 54.6 Å². The molecule has 0 aliphatic heterocycles. The second-order valence-electron chi connectivity index (χ2n) is 6.72. The van der Waals surface area contributed by atoms with E-state index >= 15 is 0 Å². The molecular weight excluding hydrogens is 386 g/mol. The van der Waals surface area contributed by atoms with Crippen molar-refractivity contribution in [3.63, 3.8) is 0 Å². The van der Waals surface area contributed by atoms with Crippen LogP contribution in [-0.2, 0) is 11.4 Å². The normalized spacial score (nSPS) is 10.7. The molecule has 0 saturated carbocycles. The zero-order valence-corrected chi connectivity index (χ0v) is 17.2. The number of thioether (sulfide) groups is 1. The number of amides is 1. The lowest BCUT2D eigenvalue weighted by Crippen LogP contribution is -2.17. The van der Waals surface area contributed by atoms with E-state index in [1.54, 1.807) is 0 Å². The maximum atomic E-state index is 12.4. The van der Waals surface area contributed by atoms with Crippen molar-refractivity contribution >= 4 is 23.4 Å². The molecule has 0 fully saturated rings. The zero-order chi connectivity index (χ0) is 20.6. The number of benzene rings is 2. The fourth-order valence-electron chi connectivity index (χ4n) is 2.73. The topological polar surface area (TPSA) is 84.1 Å². The van der Waals surface area contributed by atoms with Gasteiger partial charge in [-0.2, -0.15) is 0 Å². The van der Waals surface area contributed by atoms with Crippen LogP contribution in [0, 0.1) is 0 Å². The molecule has 1 heterocycles. The number of nitrogens with one attached hydrogen (secondary N) is 2. The van der Waals surface area contributed by atoms with Crippen LogP contribution in [0.3, 0.4) is 0 Å². The summed E-state index contributed by atoms with van der Waals surface area (Å²) in [5, 5.41) is 3.32. The van der Waals surface area contributed by atoms with Gasteiger partial charge in [0.1, 0.15) is 12.4 Å². The molecule has 0 bridgehead atoms. The van der Waals surface area contributed by atoms with Gasteiger partial charge >= 0.3 is 0 Å². The molecule has 0 unspecified atom stereocenters. The Morgan fingerprint density at radius 2 is 1.86 bits per heavy atom. The molecule has 0 radical (unpaired) electrons. The van der Waals surface area contributed by atoms with Crippen molar-refractivity contribution in [2.24, 2.45) is 0 Å². The van der Waals surface area contributed by atoms with Crippen molar-refractivity contribution < 1.29 is 9.53 Å². The van der Waals surface area contributed by atoms with E-state index in [4.69, 9.17) is 4.74 Å². The number of aromatic amines is 1. The largest absolute Gasteiger partial charge is 0.487 e. The van der Waals surface area contributed by atoms with Crippen LogP contribution in [-0.4, -0.2) is 21.6 Å². The fraction of sp³-hybridized carbons (Fsp3) is 0.227. The summed E-state index contributed by atoms with van der Waals surface area (Å²) >= 11 is 1.18. The third-order valence-electron chi connectivity index (χ3n) is 4.10. The summed E-state index contributed by atoms with van der Waals surface area (Å²) in [6.07, 6.45) is 0. The number of anilines is 1. The first-order valence-electron chi connectivity index (χ1n) is 9.31. The van der Waals surface area contributed by atoms with E-state index < -0.39 is 0 Å². The van der Waals surface area contributed by atoms with Crippen LogP contribution >= 0.6 is 11.8 Å². The Balaban J connectivity index is 1.59. The first-order chi connectivity index (χ1) is 14.0. The molecule has 0 atom stereocenters. The van der Waals surface area contributed by atoms with Gasteiger partial charge in [-0.3, -0.25) is 9.59 Å². The molecule has 3 aromatic rings. The van der Waals surface area contributed by atoms with E-state index in [1.165, 1.54) is 17.8 Å². The van der Waals surface area contributed by atoms with Crippen LogP contribution in [0.15, 0.2) is 70.6 Å². The van der Waals surface area contributed by atoms with Gasteiger partial charge in [-0.05, 0) is 29.7 Å². The van der Waals surface area contributed by atoms with Gasteiger partial charge in [0.15, 0.2) is 5.16 Å². The minimum Gasteiger partial charge on any atom is -0.487 e. The van der Waals surface area contributed by atoms with E-state index in [9.17, 15) is 9.59 Å². The molecule has 0 aliphatic carbocycles. The summed E-state index contributed by atoms with van der Waals surface area (Å²) in [6, 6.07) is 18.5. The standard InChI is InChI=1S/C22H23N3O3S/c1-15(2)18-10-6-7-11-19(18)24-21(27)14-29-22-23-16(12-20(26)25-22)13-28-17-8-4-3-5-9-17/h3-12,15H,13-14H2,1-2H3,(H,24,27)(H,23,25,26). The highest BCUT2D eigenvalue weighted by atomic mass is 32.2. The summed E-state index contributed by atoms with van der Waals surface area (Å²) in [5.41, 5.74) is 2.11. The monoisotopic (exact) mass is 409 g/mol. The lowest BCUT2D eigenvalue weighted by atomic mass is 10.0. The summed E-state index contributed by atoms with van der Waals surface area (Å²) in [7, 11) is 0. The number of ether oxygens (including phenoxy) is 1. The number of rotatable bonds is 8. The first-order valence-corrected chi connectivity index (χ1v) is 10.3. The molecule has 6 nitrogen and oxygen atoms in total. The van der Waals surface area contributed by atoms with Crippen LogP contribution in [0.25, 0.3) is 0 Å². The second kappa shape index (κ2) is 9.93. The average Bonchev–Trinajstić information content (AvgIpc) is 2.71. The smallest absolute Gasteiger partial charge is 0.251 e. The molecule has 7 heteroatoms. The summed E-state index contributed by atoms with van der Waals surface area (Å²) in [6.45, 7) is 4.34. The zero-order valence-electron chi connectivity index (χ0n) is 16.3. The van der Waals surface area contributed by atoms with Gasteiger partial charge in [-0.25, -0.2) is 4.98 Å². The molecule has 3 rings (SSSR count). The number of aromatic nitrogens is 2. The Bertz CT molecular complexity index is 1020. The summed E-state index contributed by atoms with van der Waals surface area (Å²) < 4.78 is 5.64. The Hall–Kier alpha value is -3.06. The SMILES string of the molecule is CC(C)c1ccccc1NC(=O)CSc1nc(COc2ccccc2)cc(=O)[nH]1. The van der Waals surface area contributed by atoms with Crippen molar-refractivity contribution in [1.29, 1.82) is 0 Å². The number of carbonyl (C=O) groups is 1. The van der Waals surface area contributed by atoms with Crippen molar-refractivity contribution in [3.8, 4) is 5.75 Å². The highest BCUT2D eigenvalue weighted by Crippen LogP contribution is 2.24. The second-order valence-corrected chi connectivity index (χ2v) is 7.69. The van der Waals surface area contributed by atoms with E-state index in [2.05, 4.69) is 29.1 Å². The number of nitrogens with zero attached hydrogens (tertiary/aromatic N) is 1. The molecule has 0 aliphatic rings. The minimum atomic E-state index is -0.278. The highest BCUT2D eigenvalue weighted by molar-refractivity contribution is 7.99. The molecule has 150 valence electrons. The van der Waals surface area contributed by atoms with Crippen LogP contribution in [0.5, 0.6) is 5.75 Å². The van der Waals surface area contributed by atoms with E-state index in [0.29, 0.717) is 22.5 Å². The summed E-state index contributed by atoms with van der Waals surface area (Å²) in [4.78, 5) is 31.3. The van der Waals surface area contributed by atoms with Gasteiger partial charge in [-0.1, -0.05) is 62.0 Å². The third-order valence-corrected chi connectivity index (χ3v) is 4.97. The average molecular weight is 410 g/mol. The van der Waals surface area contributed by atoms with Gasteiger partial charge in [0.05, 0.1) is 11.4 Å². The number of para-hydroxylation sites is 2. The maximum absolute atomic E-state index is 12.4. The van der Waals surface area contributed by atoms with E-state index in [0.717, 1.165) is 11.3 Å². The van der Waals surface area contributed by atoms with Gasteiger partial charge in [-0.15, -0.1) is 0 Å². The first kappa shape index (κ1) is 20.7. The predicted molar refractivity (Wildman–Crippen MR) is 116 cm³/mol. The van der Waals surface area contributed by atoms with Crippen molar-refractivity contribution in [2.45, 2.75) is 31.5 Å². The molecule has 1 aromatic heterocycles. The van der Waals surface area contributed by atoms with Gasteiger partial charge in [0.25, 0.3) is 5.56 Å². The van der Waals surface area contributed by atoms with Crippen LogP contribution in [0.4, 0.5) is 5.69 Å². The molecule has 29 heavy (non-hydrogen) atoms. The molecular formula is C22H23N3O3S. The fourth-order valence-corrected chi connectivity index (χ4v) is 3.43. The molecule has 1 amide bonds. The maximum Gasteiger partial charge on any atom is 0.251 e. The van der Waals surface area contributed by atoms with E-state index in [-0.39, 0.29) is 23.8 Å². The quantitative estimate of drug-likeness (QED) is 0.430. The van der Waals surface area contributed by atoms with Crippen molar-refractivity contribution in [3.05, 3.63) is 82.3 Å². The minimum absolute atomic E-state index is 0.137. The number of hydrogen-bond acceptors (Lipinski definition) is 5. The lowest BCUT2D eigenvalue weighted by molar-refractivity contribution is -0.113.